The van der Waals surface area contributed by atoms with Crippen molar-refractivity contribution in [2.75, 3.05) is 13.1 Å². The van der Waals surface area contributed by atoms with E-state index in [1.165, 1.54) is 10.5 Å². The zero-order valence-electron chi connectivity index (χ0n) is 13.0. The molecule has 2 aromatic rings. The van der Waals surface area contributed by atoms with E-state index in [1.807, 2.05) is 13.0 Å². The fourth-order valence-corrected chi connectivity index (χ4v) is 4.17. The molecule has 1 saturated heterocycles. The highest BCUT2D eigenvalue weighted by Crippen LogP contribution is 2.24. The van der Waals surface area contributed by atoms with Crippen molar-refractivity contribution in [1.82, 2.24) is 14.1 Å². The Morgan fingerprint density at radius 2 is 2.13 bits per heavy atom. The number of aryl methyl sites for hydroxylation is 2. The van der Waals surface area contributed by atoms with Crippen LogP contribution in [-0.2, 0) is 17.1 Å². The number of ether oxygens (including phenoxy) is 1. The van der Waals surface area contributed by atoms with Gasteiger partial charge in [0.1, 0.15) is 12.2 Å². The normalized spacial score (nSPS) is 22.4. The number of hydrogen-bond donors (Lipinski definition) is 1. The highest BCUT2D eigenvalue weighted by Gasteiger charge is 2.40. The molecule has 1 aromatic heterocycles. The van der Waals surface area contributed by atoms with E-state index in [9.17, 15) is 13.5 Å². The van der Waals surface area contributed by atoms with Crippen LogP contribution in [0.15, 0.2) is 41.6 Å². The van der Waals surface area contributed by atoms with Crippen molar-refractivity contribution in [3.05, 3.63) is 42.2 Å². The van der Waals surface area contributed by atoms with Crippen LogP contribution in [0.5, 0.6) is 5.75 Å². The minimum Gasteiger partial charge on any atom is -0.483 e. The summed E-state index contributed by atoms with van der Waals surface area (Å²) in [5.41, 5.74) is 0.869. The second kappa shape index (κ2) is 5.95. The zero-order valence-corrected chi connectivity index (χ0v) is 13.8. The molecular weight excluding hydrogens is 318 g/mol. The number of hydrogen-bond acceptors (Lipinski definition) is 5. The smallest absolute Gasteiger partial charge is 0.243 e. The van der Waals surface area contributed by atoms with Gasteiger partial charge in [-0.25, -0.2) is 8.42 Å². The Balaban J connectivity index is 1.77. The maximum Gasteiger partial charge on any atom is 0.243 e. The number of nitrogens with zero attached hydrogens (tertiary/aromatic N) is 3. The third kappa shape index (κ3) is 3.24. The molecule has 1 fully saturated rings. The highest BCUT2D eigenvalue weighted by atomic mass is 32.2. The van der Waals surface area contributed by atoms with Gasteiger partial charge in [-0.15, -0.1) is 0 Å². The van der Waals surface area contributed by atoms with Crippen LogP contribution in [0.2, 0.25) is 0 Å². The first-order valence-electron chi connectivity index (χ1n) is 7.26. The third-order valence-electron chi connectivity index (χ3n) is 3.80. The first-order valence-corrected chi connectivity index (χ1v) is 8.70. The number of sulfonamides is 1. The molecule has 0 saturated carbocycles. The number of aromatic nitrogens is 2. The van der Waals surface area contributed by atoms with E-state index < -0.39 is 22.2 Å². The largest absolute Gasteiger partial charge is 0.483 e. The molecule has 23 heavy (non-hydrogen) atoms. The van der Waals surface area contributed by atoms with Crippen LogP contribution < -0.4 is 4.74 Å². The summed E-state index contributed by atoms with van der Waals surface area (Å²) in [5, 5.41) is 14.1. The maximum absolute atomic E-state index is 12.7. The summed E-state index contributed by atoms with van der Waals surface area (Å²) in [4.78, 5) is 0.228. The Hall–Kier alpha value is -1.90. The number of rotatable bonds is 4. The van der Waals surface area contributed by atoms with Gasteiger partial charge in [-0.2, -0.15) is 9.40 Å². The molecule has 0 bridgehead atoms. The Labute approximate surface area is 135 Å². The van der Waals surface area contributed by atoms with Crippen molar-refractivity contribution in [2.45, 2.75) is 24.0 Å². The quantitative estimate of drug-likeness (QED) is 0.880. The summed E-state index contributed by atoms with van der Waals surface area (Å²) < 4.78 is 33.8. The van der Waals surface area contributed by atoms with Crippen molar-refractivity contribution >= 4 is 10.0 Å². The molecule has 3 rings (SSSR count). The predicted octanol–water partition coefficient (Wildman–Crippen LogP) is 0.541. The SMILES string of the molecule is Cc1cccc(S(=O)(=O)N2C[C@@H](O)[C@H](Oc3cnn(C)c3)C2)c1. The molecule has 1 aliphatic heterocycles. The first kappa shape index (κ1) is 16.0. The lowest BCUT2D eigenvalue weighted by Crippen LogP contribution is -2.31. The minimum absolute atomic E-state index is 0.0151. The molecular formula is C15H19N3O4S. The van der Waals surface area contributed by atoms with Crippen molar-refractivity contribution in [3.8, 4) is 5.75 Å². The summed E-state index contributed by atoms with van der Waals surface area (Å²) in [6, 6.07) is 6.73. The summed E-state index contributed by atoms with van der Waals surface area (Å²) in [7, 11) is -1.89. The van der Waals surface area contributed by atoms with E-state index in [0.29, 0.717) is 5.75 Å². The molecule has 124 valence electrons. The van der Waals surface area contributed by atoms with Crippen molar-refractivity contribution in [2.24, 2.45) is 7.05 Å². The van der Waals surface area contributed by atoms with Crippen LogP contribution in [0.1, 0.15) is 5.56 Å². The second-order valence-electron chi connectivity index (χ2n) is 5.71. The fraction of sp³-hybridized carbons (Fsp3) is 0.400. The lowest BCUT2D eigenvalue weighted by Gasteiger charge is -2.16. The van der Waals surface area contributed by atoms with Crippen LogP contribution in [0.3, 0.4) is 0 Å². The van der Waals surface area contributed by atoms with Crippen molar-refractivity contribution in [3.63, 3.8) is 0 Å². The molecule has 1 aromatic carbocycles. The van der Waals surface area contributed by atoms with Gasteiger partial charge in [0.2, 0.25) is 10.0 Å². The molecule has 0 amide bonds. The number of aliphatic hydroxyl groups excluding tert-OH is 1. The third-order valence-corrected chi connectivity index (χ3v) is 5.63. The Morgan fingerprint density at radius 1 is 1.35 bits per heavy atom. The van der Waals surface area contributed by atoms with Crippen LogP contribution in [0.4, 0.5) is 0 Å². The van der Waals surface area contributed by atoms with E-state index in [2.05, 4.69) is 5.10 Å². The summed E-state index contributed by atoms with van der Waals surface area (Å²) >= 11 is 0. The lowest BCUT2D eigenvalue weighted by atomic mass is 10.2. The zero-order chi connectivity index (χ0) is 16.6. The van der Waals surface area contributed by atoms with E-state index in [1.54, 1.807) is 36.1 Å². The molecule has 8 heteroatoms. The highest BCUT2D eigenvalue weighted by molar-refractivity contribution is 7.89. The monoisotopic (exact) mass is 337 g/mol. The molecule has 0 unspecified atom stereocenters. The molecule has 0 aliphatic carbocycles. The van der Waals surface area contributed by atoms with Crippen molar-refractivity contribution in [1.29, 1.82) is 0 Å². The number of benzene rings is 1. The molecule has 7 nitrogen and oxygen atoms in total. The van der Waals surface area contributed by atoms with Crippen molar-refractivity contribution < 1.29 is 18.3 Å². The van der Waals surface area contributed by atoms with Gasteiger partial charge in [-0.05, 0) is 24.6 Å². The molecule has 0 spiro atoms. The van der Waals surface area contributed by atoms with Gasteiger partial charge in [-0.1, -0.05) is 12.1 Å². The molecule has 1 aliphatic rings. The standard InChI is InChI=1S/C15H19N3O4S/c1-11-4-3-5-13(6-11)23(20,21)18-9-14(19)15(10-18)22-12-7-16-17(2)8-12/h3-8,14-15,19H,9-10H2,1-2H3/t14-,15-/m1/s1. The van der Waals surface area contributed by atoms with Gasteiger partial charge in [0.05, 0.1) is 23.8 Å². The molecule has 0 radical (unpaired) electrons. The average molecular weight is 337 g/mol. The number of aliphatic hydroxyl groups is 1. The van der Waals surface area contributed by atoms with Gasteiger partial charge in [0.15, 0.2) is 5.75 Å². The topological polar surface area (TPSA) is 84.7 Å². The van der Waals surface area contributed by atoms with Gasteiger partial charge in [0.25, 0.3) is 0 Å². The maximum atomic E-state index is 12.7. The fourth-order valence-electron chi connectivity index (χ4n) is 2.59. The summed E-state index contributed by atoms with van der Waals surface area (Å²) in [6.45, 7) is 1.96. The van der Waals surface area contributed by atoms with Gasteiger partial charge in [-0.3, -0.25) is 4.68 Å². The van der Waals surface area contributed by atoms with Crippen LogP contribution in [0, 0.1) is 6.92 Å². The first-order chi connectivity index (χ1) is 10.9. The second-order valence-corrected chi connectivity index (χ2v) is 7.65. The number of β-amino-alcohol motifs (C(OH)–C–C–N with tert-alkyl or cyclic N) is 1. The summed E-state index contributed by atoms with van der Waals surface area (Å²) in [5.74, 6) is 0.506. The van der Waals surface area contributed by atoms with Crippen LogP contribution >= 0.6 is 0 Å². The lowest BCUT2D eigenvalue weighted by molar-refractivity contribution is 0.0737. The van der Waals surface area contributed by atoms with E-state index >= 15 is 0 Å². The Bertz CT molecular complexity index is 803. The van der Waals surface area contributed by atoms with Gasteiger partial charge < -0.3 is 9.84 Å². The summed E-state index contributed by atoms with van der Waals surface area (Å²) in [6.07, 6.45) is 1.71. The Kier molecular flexibility index (Phi) is 4.13. The Morgan fingerprint density at radius 3 is 2.78 bits per heavy atom. The van der Waals surface area contributed by atoms with E-state index in [-0.39, 0.29) is 18.0 Å². The van der Waals surface area contributed by atoms with Crippen LogP contribution in [-0.4, -0.2) is 52.9 Å². The van der Waals surface area contributed by atoms with Gasteiger partial charge >= 0.3 is 0 Å². The van der Waals surface area contributed by atoms with E-state index in [0.717, 1.165) is 5.56 Å². The van der Waals surface area contributed by atoms with Gasteiger partial charge in [0, 0.05) is 13.6 Å². The van der Waals surface area contributed by atoms with Crippen LogP contribution in [0.25, 0.3) is 0 Å². The predicted molar refractivity (Wildman–Crippen MR) is 83.6 cm³/mol. The average Bonchev–Trinajstić information content (AvgIpc) is 3.06. The molecule has 1 N–H and O–H groups in total. The molecule has 2 atom stereocenters. The molecule has 2 heterocycles. The van der Waals surface area contributed by atoms with E-state index in [4.69, 9.17) is 4.74 Å². The minimum atomic E-state index is -3.64.